The summed E-state index contributed by atoms with van der Waals surface area (Å²) >= 11 is 0. The van der Waals surface area contributed by atoms with Crippen molar-refractivity contribution in [2.75, 3.05) is 31.1 Å². The van der Waals surface area contributed by atoms with Gasteiger partial charge in [0, 0.05) is 26.1 Å². The number of rotatable bonds is 7. The minimum Gasteiger partial charge on any atom is -0.341 e. The topological polar surface area (TPSA) is 80.5 Å². The van der Waals surface area contributed by atoms with Crippen molar-refractivity contribution in [3.05, 3.63) is 35.9 Å². The average molecular weight is 324 g/mol. The Morgan fingerprint density at radius 3 is 2.55 bits per heavy atom. The highest BCUT2D eigenvalue weighted by atomic mass is 32.2. The van der Waals surface area contributed by atoms with Crippen molar-refractivity contribution < 1.29 is 13.2 Å². The Morgan fingerprint density at radius 1 is 1.23 bits per heavy atom. The molecule has 5 nitrogen and oxygen atoms in total. The zero-order valence-electron chi connectivity index (χ0n) is 12.8. The Bertz CT molecular complexity index is 587. The van der Waals surface area contributed by atoms with Crippen LogP contribution < -0.4 is 5.73 Å². The normalized spacial score (nSPS) is 20.0. The van der Waals surface area contributed by atoms with Crippen molar-refractivity contribution in [2.24, 2.45) is 11.7 Å². The molecular weight excluding hydrogens is 300 g/mol. The van der Waals surface area contributed by atoms with Gasteiger partial charge in [0.05, 0.1) is 11.5 Å². The molecule has 2 N–H and O–H groups in total. The van der Waals surface area contributed by atoms with E-state index < -0.39 is 9.84 Å². The molecule has 0 saturated carbocycles. The molecule has 1 aromatic rings. The van der Waals surface area contributed by atoms with Gasteiger partial charge in [-0.15, -0.1) is 0 Å². The van der Waals surface area contributed by atoms with Gasteiger partial charge in [0.25, 0.3) is 0 Å². The van der Waals surface area contributed by atoms with E-state index in [-0.39, 0.29) is 23.3 Å². The number of nitrogens with two attached hydrogens (primary N) is 1. The van der Waals surface area contributed by atoms with Crippen molar-refractivity contribution in [3.8, 4) is 0 Å². The number of sulfone groups is 1. The minimum atomic E-state index is -2.93. The summed E-state index contributed by atoms with van der Waals surface area (Å²) in [7, 11) is -2.93. The number of hydrogen-bond acceptors (Lipinski definition) is 4. The van der Waals surface area contributed by atoms with E-state index in [0.29, 0.717) is 32.5 Å². The summed E-state index contributed by atoms with van der Waals surface area (Å²) in [4.78, 5) is 14.2. The van der Waals surface area contributed by atoms with Crippen molar-refractivity contribution in [1.82, 2.24) is 4.90 Å². The molecule has 0 bridgehead atoms. The number of amides is 1. The van der Waals surface area contributed by atoms with Crippen LogP contribution in [0.3, 0.4) is 0 Å². The molecule has 0 aromatic heterocycles. The Kier molecular flexibility index (Phi) is 5.97. The maximum atomic E-state index is 12.4. The summed E-state index contributed by atoms with van der Waals surface area (Å²) in [6.07, 6.45) is 1.70. The standard InChI is InChI=1S/C16H24N2O3S/c17-8-10-18(9-6-14-4-2-1-3-5-14)16(19)12-15-7-11-22(20,21)13-15/h1-5,15H,6-13,17H2. The zero-order valence-corrected chi connectivity index (χ0v) is 13.6. The van der Waals surface area contributed by atoms with E-state index in [1.807, 2.05) is 30.3 Å². The lowest BCUT2D eigenvalue weighted by atomic mass is 10.0. The second-order valence-electron chi connectivity index (χ2n) is 5.88. The first-order valence-corrected chi connectivity index (χ1v) is 9.54. The van der Waals surface area contributed by atoms with Crippen LogP contribution in [0.25, 0.3) is 0 Å². The molecule has 2 rings (SSSR count). The van der Waals surface area contributed by atoms with Gasteiger partial charge in [0.2, 0.25) is 5.91 Å². The van der Waals surface area contributed by atoms with Crippen LogP contribution in [0.1, 0.15) is 18.4 Å². The Hall–Kier alpha value is -1.40. The first kappa shape index (κ1) is 17.0. The summed E-state index contributed by atoms with van der Waals surface area (Å²) in [5.74, 6) is 0.345. The maximum absolute atomic E-state index is 12.4. The van der Waals surface area contributed by atoms with E-state index in [9.17, 15) is 13.2 Å². The molecule has 1 amide bonds. The molecule has 1 atom stereocenters. The third kappa shape index (κ3) is 5.10. The minimum absolute atomic E-state index is 0.0171. The van der Waals surface area contributed by atoms with E-state index in [4.69, 9.17) is 5.73 Å². The lowest BCUT2D eigenvalue weighted by molar-refractivity contribution is -0.131. The maximum Gasteiger partial charge on any atom is 0.222 e. The SMILES string of the molecule is NCCN(CCc1ccccc1)C(=O)CC1CCS(=O)(=O)C1. The summed E-state index contributed by atoms with van der Waals surface area (Å²) < 4.78 is 23.0. The fraction of sp³-hybridized carbons (Fsp3) is 0.562. The van der Waals surface area contributed by atoms with Gasteiger partial charge in [0.15, 0.2) is 9.84 Å². The van der Waals surface area contributed by atoms with Crippen LogP contribution in [0.15, 0.2) is 30.3 Å². The first-order valence-electron chi connectivity index (χ1n) is 7.72. The van der Waals surface area contributed by atoms with Crippen molar-refractivity contribution in [1.29, 1.82) is 0 Å². The smallest absolute Gasteiger partial charge is 0.222 e. The second kappa shape index (κ2) is 7.74. The molecule has 1 aliphatic rings. The Balaban J connectivity index is 1.88. The van der Waals surface area contributed by atoms with Gasteiger partial charge in [-0.1, -0.05) is 30.3 Å². The number of carbonyl (C=O) groups excluding carboxylic acids is 1. The molecule has 122 valence electrons. The lowest BCUT2D eigenvalue weighted by Crippen LogP contribution is -2.37. The predicted molar refractivity (Wildman–Crippen MR) is 87.2 cm³/mol. The molecule has 1 aromatic carbocycles. The Morgan fingerprint density at radius 2 is 1.95 bits per heavy atom. The quantitative estimate of drug-likeness (QED) is 0.806. The molecule has 0 aliphatic carbocycles. The molecule has 6 heteroatoms. The number of benzene rings is 1. The van der Waals surface area contributed by atoms with Crippen LogP contribution in [0.5, 0.6) is 0 Å². The molecule has 22 heavy (non-hydrogen) atoms. The van der Waals surface area contributed by atoms with E-state index in [0.717, 1.165) is 6.42 Å². The van der Waals surface area contributed by atoms with Gasteiger partial charge >= 0.3 is 0 Å². The highest BCUT2D eigenvalue weighted by Crippen LogP contribution is 2.22. The highest BCUT2D eigenvalue weighted by molar-refractivity contribution is 7.91. The van der Waals surface area contributed by atoms with E-state index >= 15 is 0 Å². The van der Waals surface area contributed by atoms with Crippen molar-refractivity contribution in [2.45, 2.75) is 19.3 Å². The highest BCUT2D eigenvalue weighted by Gasteiger charge is 2.30. The number of hydrogen-bond donors (Lipinski definition) is 1. The molecule has 0 radical (unpaired) electrons. The molecule has 1 heterocycles. The van der Waals surface area contributed by atoms with Crippen LogP contribution >= 0.6 is 0 Å². The van der Waals surface area contributed by atoms with Gasteiger partial charge in [-0.3, -0.25) is 4.79 Å². The molecule has 1 fully saturated rings. The fourth-order valence-corrected chi connectivity index (χ4v) is 4.70. The van der Waals surface area contributed by atoms with Crippen molar-refractivity contribution >= 4 is 15.7 Å². The average Bonchev–Trinajstić information content (AvgIpc) is 2.83. The Labute approximate surface area is 132 Å². The van der Waals surface area contributed by atoms with Crippen LogP contribution in [-0.2, 0) is 21.1 Å². The molecule has 1 saturated heterocycles. The third-order valence-electron chi connectivity index (χ3n) is 4.05. The van der Waals surface area contributed by atoms with E-state index in [1.165, 1.54) is 5.56 Å². The third-order valence-corrected chi connectivity index (χ3v) is 5.89. The van der Waals surface area contributed by atoms with Crippen molar-refractivity contribution in [3.63, 3.8) is 0 Å². The largest absolute Gasteiger partial charge is 0.341 e. The predicted octanol–water partition coefficient (Wildman–Crippen LogP) is 0.841. The number of nitrogens with zero attached hydrogens (tertiary/aromatic N) is 1. The van der Waals surface area contributed by atoms with Crippen LogP contribution in [0, 0.1) is 5.92 Å². The van der Waals surface area contributed by atoms with Crippen LogP contribution in [0.4, 0.5) is 0 Å². The van der Waals surface area contributed by atoms with Gasteiger partial charge in [-0.05, 0) is 24.3 Å². The summed E-state index contributed by atoms with van der Waals surface area (Å²) in [5.41, 5.74) is 6.78. The second-order valence-corrected chi connectivity index (χ2v) is 8.11. The van der Waals surface area contributed by atoms with Gasteiger partial charge < -0.3 is 10.6 Å². The monoisotopic (exact) mass is 324 g/mol. The summed E-state index contributed by atoms with van der Waals surface area (Å²) in [5, 5.41) is 0. The van der Waals surface area contributed by atoms with Crippen LogP contribution in [-0.4, -0.2) is 50.4 Å². The van der Waals surface area contributed by atoms with Crippen LogP contribution in [0.2, 0.25) is 0 Å². The molecule has 0 spiro atoms. The molecular formula is C16H24N2O3S. The zero-order chi connectivity index (χ0) is 16.0. The van der Waals surface area contributed by atoms with Gasteiger partial charge in [0.1, 0.15) is 0 Å². The van der Waals surface area contributed by atoms with E-state index in [2.05, 4.69) is 0 Å². The molecule has 1 unspecified atom stereocenters. The summed E-state index contributed by atoms with van der Waals surface area (Å²) in [6.45, 7) is 1.56. The summed E-state index contributed by atoms with van der Waals surface area (Å²) in [6, 6.07) is 10.00. The van der Waals surface area contributed by atoms with Gasteiger partial charge in [-0.2, -0.15) is 0 Å². The van der Waals surface area contributed by atoms with Gasteiger partial charge in [-0.25, -0.2) is 8.42 Å². The van der Waals surface area contributed by atoms with E-state index in [1.54, 1.807) is 4.90 Å². The first-order chi connectivity index (χ1) is 10.5. The fourth-order valence-electron chi connectivity index (χ4n) is 2.83. The molecule has 1 aliphatic heterocycles. The number of carbonyl (C=O) groups is 1. The lowest BCUT2D eigenvalue weighted by Gasteiger charge is -2.23.